The van der Waals surface area contributed by atoms with Crippen LogP contribution in [0.1, 0.15) is 28.8 Å². The lowest BCUT2D eigenvalue weighted by atomic mass is 10.1. The molecule has 1 aliphatic heterocycles. The Kier molecular flexibility index (Phi) is 6.39. The minimum atomic E-state index is -3.19. The Morgan fingerprint density at radius 3 is 2.36 bits per heavy atom. The van der Waals surface area contributed by atoms with Gasteiger partial charge in [-0.2, -0.15) is 5.26 Å². The van der Waals surface area contributed by atoms with Gasteiger partial charge in [0.25, 0.3) is 5.91 Å². The van der Waals surface area contributed by atoms with E-state index in [0.717, 1.165) is 9.79 Å². The standard InChI is InChI=1S/C20H21N3O3S2/c1-28(25,26)23-12-10-16(11-13-23)22-20(24)17-7-3-5-9-19(17)27-18-8-4-2-6-15(18)14-21/h2-9,16H,10-13H2,1H3,(H,22,24). The quantitative estimate of drug-likeness (QED) is 0.811. The van der Waals surface area contributed by atoms with Gasteiger partial charge in [-0.05, 0) is 37.1 Å². The van der Waals surface area contributed by atoms with Crippen molar-refractivity contribution in [2.24, 2.45) is 0 Å². The molecule has 1 N–H and O–H groups in total. The summed E-state index contributed by atoms with van der Waals surface area (Å²) in [5, 5.41) is 12.3. The highest BCUT2D eigenvalue weighted by Gasteiger charge is 2.26. The van der Waals surface area contributed by atoms with Gasteiger partial charge in [-0.25, -0.2) is 12.7 Å². The first-order chi connectivity index (χ1) is 13.4. The first-order valence-corrected chi connectivity index (χ1v) is 11.6. The number of hydrogen-bond donors (Lipinski definition) is 1. The minimum Gasteiger partial charge on any atom is -0.349 e. The van der Waals surface area contributed by atoms with Crippen molar-refractivity contribution in [1.82, 2.24) is 9.62 Å². The molecule has 6 nitrogen and oxygen atoms in total. The molecule has 0 atom stereocenters. The van der Waals surface area contributed by atoms with E-state index in [0.29, 0.717) is 37.1 Å². The summed E-state index contributed by atoms with van der Waals surface area (Å²) >= 11 is 1.39. The van der Waals surface area contributed by atoms with Gasteiger partial charge in [0.05, 0.1) is 17.4 Å². The van der Waals surface area contributed by atoms with Crippen LogP contribution in [0.15, 0.2) is 58.3 Å². The van der Waals surface area contributed by atoms with E-state index in [1.54, 1.807) is 18.2 Å². The number of hydrogen-bond acceptors (Lipinski definition) is 5. The van der Waals surface area contributed by atoms with Crippen molar-refractivity contribution in [3.8, 4) is 6.07 Å². The van der Waals surface area contributed by atoms with E-state index in [-0.39, 0.29) is 11.9 Å². The molecule has 0 spiro atoms. The molecule has 0 radical (unpaired) electrons. The van der Waals surface area contributed by atoms with Gasteiger partial charge in [0.15, 0.2) is 0 Å². The highest BCUT2D eigenvalue weighted by Crippen LogP contribution is 2.32. The van der Waals surface area contributed by atoms with Crippen molar-refractivity contribution < 1.29 is 13.2 Å². The summed E-state index contributed by atoms with van der Waals surface area (Å²) in [6, 6.07) is 16.7. The number of piperidine rings is 1. The third kappa shape index (κ3) is 4.93. The fourth-order valence-corrected chi connectivity index (χ4v) is 5.00. The van der Waals surface area contributed by atoms with Crippen LogP contribution in [0.3, 0.4) is 0 Å². The molecule has 2 aromatic carbocycles. The molecule has 0 aromatic heterocycles. The smallest absolute Gasteiger partial charge is 0.252 e. The predicted octanol–water partition coefficient (Wildman–Crippen LogP) is 2.86. The summed E-state index contributed by atoms with van der Waals surface area (Å²) < 4.78 is 24.7. The molecule has 8 heteroatoms. The van der Waals surface area contributed by atoms with E-state index in [1.165, 1.54) is 22.3 Å². The maximum Gasteiger partial charge on any atom is 0.252 e. The summed E-state index contributed by atoms with van der Waals surface area (Å²) in [7, 11) is -3.19. The molecule has 1 saturated heterocycles. The fraction of sp³-hybridized carbons (Fsp3) is 0.300. The van der Waals surface area contributed by atoms with E-state index < -0.39 is 10.0 Å². The van der Waals surface area contributed by atoms with Crippen LogP contribution in [0.5, 0.6) is 0 Å². The number of nitriles is 1. The topological polar surface area (TPSA) is 90.3 Å². The van der Waals surface area contributed by atoms with Crippen molar-refractivity contribution >= 4 is 27.7 Å². The van der Waals surface area contributed by atoms with Crippen molar-refractivity contribution in [2.45, 2.75) is 28.7 Å². The van der Waals surface area contributed by atoms with Crippen LogP contribution in [-0.4, -0.2) is 44.0 Å². The van der Waals surface area contributed by atoms with Gasteiger partial charge in [-0.3, -0.25) is 4.79 Å². The van der Waals surface area contributed by atoms with E-state index in [9.17, 15) is 18.5 Å². The van der Waals surface area contributed by atoms with Crippen LogP contribution >= 0.6 is 11.8 Å². The molecule has 3 rings (SSSR count). The number of nitrogens with zero attached hydrogens (tertiary/aromatic N) is 2. The zero-order chi connectivity index (χ0) is 20.1. The molecule has 0 saturated carbocycles. The predicted molar refractivity (Wildman–Crippen MR) is 109 cm³/mol. The van der Waals surface area contributed by atoms with Crippen LogP contribution in [-0.2, 0) is 10.0 Å². The van der Waals surface area contributed by atoms with Crippen molar-refractivity contribution in [2.75, 3.05) is 19.3 Å². The lowest BCUT2D eigenvalue weighted by Gasteiger charge is -2.30. The Bertz CT molecular complexity index is 1010. The van der Waals surface area contributed by atoms with Crippen molar-refractivity contribution in [3.05, 3.63) is 59.7 Å². The number of carbonyl (C=O) groups excluding carboxylic acids is 1. The zero-order valence-corrected chi connectivity index (χ0v) is 17.1. The Hall–Kier alpha value is -2.34. The lowest BCUT2D eigenvalue weighted by molar-refractivity contribution is 0.0921. The second-order valence-electron chi connectivity index (χ2n) is 6.62. The average Bonchev–Trinajstić information content (AvgIpc) is 2.68. The summed E-state index contributed by atoms with van der Waals surface area (Å²) in [4.78, 5) is 14.4. The van der Waals surface area contributed by atoms with Crippen LogP contribution in [0.4, 0.5) is 0 Å². The van der Waals surface area contributed by atoms with Crippen LogP contribution < -0.4 is 5.32 Å². The van der Waals surface area contributed by atoms with Crippen LogP contribution in [0.25, 0.3) is 0 Å². The van der Waals surface area contributed by atoms with Gasteiger partial charge in [0.2, 0.25) is 10.0 Å². The molecule has 0 bridgehead atoms. The van der Waals surface area contributed by atoms with Crippen molar-refractivity contribution in [1.29, 1.82) is 5.26 Å². The summed E-state index contributed by atoms with van der Waals surface area (Å²) in [5.41, 5.74) is 1.11. The molecule has 1 fully saturated rings. The third-order valence-corrected chi connectivity index (χ3v) is 7.07. The van der Waals surface area contributed by atoms with Gasteiger partial charge in [-0.15, -0.1) is 0 Å². The average molecular weight is 416 g/mol. The first kappa shape index (κ1) is 20.4. The highest BCUT2D eigenvalue weighted by molar-refractivity contribution is 7.99. The molecule has 1 heterocycles. The SMILES string of the molecule is CS(=O)(=O)N1CCC(NC(=O)c2ccccc2Sc2ccccc2C#N)CC1. The largest absolute Gasteiger partial charge is 0.349 e. The minimum absolute atomic E-state index is 0.0602. The Balaban J connectivity index is 1.71. The fourth-order valence-electron chi connectivity index (χ4n) is 3.10. The molecule has 1 amide bonds. The molecule has 0 unspecified atom stereocenters. The van der Waals surface area contributed by atoms with Gasteiger partial charge >= 0.3 is 0 Å². The van der Waals surface area contributed by atoms with Gasteiger partial charge in [-0.1, -0.05) is 36.0 Å². The molecule has 1 aliphatic rings. The monoisotopic (exact) mass is 415 g/mol. The zero-order valence-electron chi connectivity index (χ0n) is 15.5. The summed E-state index contributed by atoms with van der Waals surface area (Å²) in [6.07, 6.45) is 2.38. The summed E-state index contributed by atoms with van der Waals surface area (Å²) in [5.74, 6) is -0.185. The number of sulfonamides is 1. The number of amides is 1. The van der Waals surface area contributed by atoms with Gasteiger partial charge in [0, 0.05) is 28.9 Å². The maximum absolute atomic E-state index is 12.8. The number of benzene rings is 2. The third-order valence-electron chi connectivity index (χ3n) is 4.62. The number of nitrogens with one attached hydrogen (secondary N) is 1. The number of rotatable bonds is 5. The van der Waals surface area contributed by atoms with Crippen molar-refractivity contribution in [3.63, 3.8) is 0 Å². The Labute approximate surface area is 169 Å². The van der Waals surface area contributed by atoms with E-state index in [2.05, 4.69) is 11.4 Å². The second-order valence-corrected chi connectivity index (χ2v) is 9.68. The molecule has 28 heavy (non-hydrogen) atoms. The highest BCUT2D eigenvalue weighted by atomic mass is 32.2. The molecule has 2 aromatic rings. The maximum atomic E-state index is 12.8. The van der Waals surface area contributed by atoms with Gasteiger partial charge < -0.3 is 5.32 Å². The lowest BCUT2D eigenvalue weighted by Crippen LogP contribution is -2.46. The summed E-state index contributed by atoms with van der Waals surface area (Å²) in [6.45, 7) is 0.825. The molecule has 146 valence electrons. The van der Waals surface area contributed by atoms with E-state index in [1.807, 2.05) is 30.3 Å². The Morgan fingerprint density at radius 1 is 1.11 bits per heavy atom. The van der Waals surface area contributed by atoms with E-state index >= 15 is 0 Å². The Morgan fingerprint density at radius 2 is 1.71 bits per heavy atom. The molecular weight excluding hydrogens is 394 g/mol. The van der Waals surface area contributed by atoms with Gasteiger partial charge in [0.1, 0.15) is 6.07 Å². The second kappa shape index (κ2) is 8.78. The normalized spacial score (nSPS) is 15.7. The molecular formula is C20H21N3O3S2. The van der Waals surface area contributed by atoms with Crippen LogP contribution in [0.2, 0.25) is 0 Å². The van der Waals surface area contributed by atoms with Crippen LogP contribution in [0, 0.1) is 11.3 Å². The van der Waals surface area contributed by atoms with E-state index in [4.69, 9.17) is 0 Å². The first-order valence-electron chi connectivity index (χ1n) is 8.90. The molecule has 0 aliphatic carbocycles. The number of carbonyl (C=O) groups is 1.